The van der Waals surface area contributed by atoms with Crippen LogP contribution in [0.2, 0.25) is 0 Å². The van der Waals surface area contributed by atoms with Crippen LogP contribution in [0.25, 0.3) is 0 Å². The minimum Gasteiger partial charge on any atom is -0.396 e. The highest BCUT2D eigenvalue weighted by molar-refractivity contribution is 4.94. The van der Waals surface area contributed by atoms with E-state index in [-0.39, 0.29) is 12.0 Å². The molecule has 19 heavy (non-hydrogen) atoms. The van der Waals surface area contributed by atoms with E-state index in [1.807, 2.05) is 4.68 Å². The number of hydrogen-bond acceptors (Lipinski definition) is 3. The number of hydrogen-bond donors (Lipinski definition) is 1. The molecule has 4 nitrogen and oxygen atoms in total. The number of aliphatic hydroxyl groups is 1. The van der Waals surface area contributed by atoms with E-state index >= 15 is 0 Å². The lowest BCUT2D eigenvalue weighted by atomic mass is 9.78. The third kappa shape index (κ3) is 4.60. The molecule has 0 saturated heterocycles. The number of rotatable bonds is 9. The molecule has 110 valence electrons. The molecule has 0 fully saturated rings. The first-order chi connectivity index (χ1) is 9.06. The average molecular weight is 267 g/mol. The number of nitrogens with zero attached hydrogens (tertiary/aromatic N) is 3. The van der Waals surface area contributed by atoms with Gasteiger partial charge in [-0.05, 0) is 18.8 Å². The molecule has 1 atom stereocenters. The van der Waals surface area contributed by atoms with Crippen molar-refractivity contribution < 1.29 is 5.11 Å². The molecule has 0 aliphatic rings. The highest BCUT2D eigenvalue weighted by Crippen LogP contribution is 2.32. The Balaban J connectivity index is 2.81. The van der Waals surface area contributed by atoms with Gasteiger partial charge in [-0.25, -0.2) is 9.67 Å². The Bertz CT molecular complexity index is 356. The van der Waals surface area contributed by atoms with Gasteiger partial charge < -0.3 is 5.11 Å². The maximum atomic E-state index is 9.82. The second-order valence-corrected chi connectivity index (χ2v) is 6.04. The van der Waals surface area contributed by atoms with E-state index in [0.717, 1.165) is 38.1 Å². The van der Waals surface area contributed by atoms with Crippen LogP contribution < -0.4 is 0 Å². The van der Waals surface area contributed by atoms with Crippen LogP contribution in [0.4, 0.5) is 0 Å². The fraction of sp³-hybridized carbons (Fsp3) is 0.867. The molecule has 1 rings (SSSR count). The maximum absolute atomic E-state index is 9.82. The molecule has 1 heterocycles. The van der Waals surface area contributed by atoms with Crippen LogP contribution >= 0.6 is 0 Å². The third-order valence-electron chi connectivity index (χ3n) is 3.91. The van der Waals surface area contributed by atoms with Crippen LogP contribution in [0.15, 0.2) is 6.33 Å². The largest absolute Gasteiger partial charge is 0.396 e. The van der Waals surface area contributed by atoms with Crippen molar-refractivity contribution in [1.29, 1.82) is 0 Å². The Labute approximate surface area is 117 Å². The molecule has 0 bridgehead atoms. The van der Waals surface area contributed by atoms with E-state index in [9.17, 15) is 5.11 Å². The van der Waals surface area contributed by atoms with Crippen LogP contribution in [0.3, 0.4) is 0 Å². The van der Waals surface area contributed by atoms with Gasteiger partial charge in [0.25, 0.3) is 0 Å². The van der Waals surface area contributed by atoms with E-state index < -0.39 is 0 Å². The first-order valence-electron chi connectivity index (χ1n) is 7.54. The maximum Gasteiger partial charge on any atom is 0.138 e. The Morgan fingerprint density at radius 2 is 2.11 bits per heavy atom. The summed E-state index contributed by atoms with van der Waals surface area (Å²) >= 11 is 0. The van der Waals surface area contributed by atoms with Gasteiger partial charge in [-0.2, -0.15) is 5.10 Å². The van der Waals surface area contributed by atoms with Crippen molar-refractivity contribution in [2.24, 2.45) is 11.3 Å². The van der Waals surface area contributed by atoms with Gasteiger partial charge in [0.15, 0.2) is 0 Å². The molecule has 4 heteroatoms. The zero-order valence-corrected chi connectivity index (χ0v) is 12.9. The van der Waals surface area contributed by atoms with E-state index in [2.05, 4.69) is 37.8 Å². The summed E-state index contributed by atoms with van der Waals surface area (Å²) in [5.74, 6) is 1.57. The van der Waals surface area contributed by atoms with E-state index in [0.29, 0.717) is 5.92 Å². The summed E-state index contributed by atoms with van der Waals surface area (Å²) in [5.41, 5.74) is -0.0300. The zero-order valence-electron chi connectivity index (χ0n) is 12.9. The van der Waals surface area contributed by atoms with Gasteiger partial charge in [0.2, 0.25) is 0 Å². The summed E-state index contributed by atoms with van der Waals surface area (Å²) in [7, 11) is 0. The van der Waals surface area contributed by atoms with E-state index in [4.69, 9.17) is 0 Å². The third-order valence-corrected chi connectivity index (χ3v) is 3.91. The minimum absolute atomic E-state index is 0.0300. The predicted octanol–water partition coefficient (Wildman–Crippen LogP) is 3.06. The van der Waals surface area contributed by atoms with Crippen molar-refractivity contribution in [2.75, 3.05) is 6.61 Å². The molecule has 0 aliphatic carbocycles. The van der Waals surface area contributed by atoms with Gasteiger partial charge in [0.05, 0.1) is 0 Å². The Kier molecular flexibility index (Phi) is 6.49. The van der Waals surface area contributed by atoms with Crippen molar-refractivity contribution in [3.8, 4) is 0 Å². The summed E-state index contributed by atoms with van der Waals surface area (Å²) in [6.07, 6.45) is 6.83. The van der Waals surface area contributed by atoms with Gasteiger partial charge >= 0.3 is 0 Å². The number of aromatic nitrogens is 3. The Morgan fingerprint density at radius 1 is 1.37 bits per heavy atom. The first kappa shape index (κ1) is 16.2. The minimum atomic E-state index is -0.0300. The lowest BCUT2D eigenvalue weighted by Crippen LogP contribution is -2.29. The van der Waals surface area contributed by atoms with Crippen LogP contribution in [0.5, 0.6) is 0 Å². The van der Waals surface area contributed by atoms with Crippen molar-refractivity contribution in [2.45, 2.75) is 66.3 Å². The molecule has 1 aromatic heterocycles. The first-order valence-corrected chi connectivity index (χ1v) is 7.54. The molecule has 0 radical (unpaired) electrons. The van der Waals surface area contributed by atoms with Crippen molar-refractivity contribution >= 4 is 0 Å². The monoisotopic (exact) mass is 267 g/mol. The molecule has 1 aromatic rings. The zero-order chi connectivity index (χ0) is 14.3. The molecule has 0 aromatic carbocycles. The summed E-state index contributed by atoms with van der Waals surface area (Å²) in [6, 6.07) is 0. The van der Waals surface area contributed by atoms with Gasteiger partial charge in [0.1, 0.15) is 12.2 Å². The van der Waals surface area contributed by atoms with Crippen LogP contribution in [0.1, 0.15) is 59.2 Å². The molecule has 1 unspecified atom stereocenters. The van der Waals surface area contributed by atoms with Crippen molar-refractivity contribution in [3.05, 3.63) is 12.2 Å². The SMILES string of the molecule is CCCCC(CC)(CO)Cc1ncnn1CC(C)C. The van der Waals surface area contributed by atoms with Crippen LogP contribution in [0, 0.1) is 11.3 Å². The molecule has 1 N–H and O–H groups in total. The van der Waals surface area contributed by atoms with Gasteiger partial charge in [-0.3, -0.25) is 0 Å². The second kappa shape index (κ2) is 7.63. The summed E-state index contributed by atoms with van der Waals surface area (Å²) in [5, 5.41) is 14.1. The molecule has 0 amide bonds. The average Bonchev–Trinajstić information content (AvgIpc) is 2.81. The van der Waals surface area contributed by atoms with Gasteiger partial charge in [0, 0.05) is 25.0 Å². The van der Waals surface area contributed by atoms with Crippen molar-refractivity contribution in [3.63, 3.8) is 0 Å². The lowest BCUT2D eigenvalue weighted by Gasteiger charge is -2.30. The summed E-state index contributed by atoms with van der Waals surface area (Å²) < 4.78 is 2.00. The highest BCUT2D eigenvalue weighted by Gasteiger charge is 2.29. The molecular weight excluding hydrogens is 238 g/mol. The van der Waals surface area contributed by atoms with Gasteiger partial charge in [-0.1, -0.05) is 40.5 Å². The quantitative estimate of drug-likeness (QED) is 0.748. The summed E-state index contributed by atoms with van der Waals surface area (Å²) in [4.78, 5) is 4.40. The molecule has 0 saturated carbocycles. The summed E-state index contributed by atoms with van der Waals surface area (Å²) in [6.45, 7) is 9.85. The molecule has 0 spiro atoms. The van der Waals surface area contributed by atoms with Crippen LogP contribution in [-0.2, 0) is 13.0 Å². The standard InChI is InChI=1S/C15H29N3O/c1-5-7-8-15(6-2,11-19)9-14-16-12-17-18(14)10-13(3)4/h12-13,19H,5-11H2,1-4H3. The second-order valence-electron chi connectivity index (χ2n) is 6.04. The Morgan fingerprint density at radius 3 is 2.63 bits per heavy atom. The van der Waals surface area contributed by atoms with E-state index in [1.165, 1.54) is 6.42 Å². The van der Waals surface area contributed by atoms with Gasteiger partial charge in [-0.15, -0.1) is 0 Å². The Hall–Kier alpha value is -0.900. The predicted molar refractivity (Wildman–Crippen MR) is 77.9 cm³/mol. The highest BCUT2D eigenvalue weighted by atomic mass is 16.3. The topological polar surface area (TPSA) is 50.9 Å². The fourth-order valence-electron chi connectivity index (χ4n) is 2.45. The van der Waals surface area contributed by atoms with Crippen molar-refractivity contribution in [1.82, 2.24) is 14.8 Å². The van der Waals surface area contributed by atoms with Crippen LogP contribution in [-0.4, -0.2) is 26.5 Å². The normalized spacial score (nSPS) is 14.8. The number of aliphatic hydroxyl groups excluding tert-OH is 1. The molecular formula is C15H29N3O. The number of unbranched alkanes of at least 4 members (excludes halogenated alkanes) is 1. The lowest BCUT2D eigenvalue weighted by molar-refractivity contribution is 0.103. The smallest absolute Gasteiger partial charge is 0.138 e. The fourth-order valence-corrected chi connectivity index (χ4v) is 2.45. The van der Waals surface area contributed by atoms with E-state index in [1.54, 1.807) is 6.33 Å². The molecule has 0 aliphatic heterocycles.